The van der Waals surface area contributed by atoms with Crippen LogP contribution in [0.5, 0.6) is 0 Å². The minimum Gasteiger partial charge on any atom is -0.481 e. The van der Waals surface area contributed by atoms with Crippen LogP contribution >= 0.6 is 0 Å². The van der Waals surface area contributed by atoms with Crippen LogP contribution in [0.3, 0.4) is 0 Å². The molecular formula is C12H20O2. The van der Waals surface area contributed by atoms with Crippen molar-refractivity contribution in [3.8, 4) is 0 Å². The third kappa shape index (κ3) is 2.60. The second-order valence-corrected chi connectivity index (χ2v) is 4.21. The lowest BCUT2D eigenvalue weighted by molar-refractivity contribution is -0.147. The van der Waals surface area contributed by atoms with Crippen molar-refractivity contribution >= 4 is 5.97 Å². The van der Waals surface area contributed by atoms with Crippen molar-refractivity contribution in [2.45, 2.75) is 51.9 Å². The fourth-order valence-corrected chi connectivity index (χ4v) is 2.11. The number of carboxylic acids is 1. The van der Waals surface area contributed by atoms with Gasteiger partial charge in [0.25, 0.3) is 0 Å². The van der Waals surface area contributed by atoms with Gasteiger partial charge in [0, 0.05) is 0 Å². The van der Waals surface area contributed by atoms with E-state index in [0.717, 1.165) is 44.9 Å². The topological polar surface area (TPSA) is 37.3 Å². The number of carbonyl (C=O) groups is 1. The maximum Gasteiger partial charge on any atom is 0.313 e. The smallest absolute Gasteiger partial charge is 0.313 e. The number of allylic oxidation sites excluding steroid dienone is 1. The van der Waals surface area contributed by atoms with Crippen LogP contribution in [0.25, 0.3) is 0 Å². The van der Waals surface area contributed by atoms with Crippen LogP contribution in [0.1, 0.15) is 51.9 Å². The van der Waals surface area contributed by atoms with E-state index >= 15 is 0 Å². The largest absolute Gasteiger partial charge is 0.481 e. The van der Waals surface area contributed by atoms with Gasteiger partial charge < -0.3 is 5.11 Å². The first-order valence-electron chi connectivity index (χ1n) is 5.62. The second kappa shape index (κ2) is 5.18. The fraction of sp³-hybridized carbons (Fsp3) is 0.750. The minimum atomic E-state index is -0.635. The highest BCUT2D eigenvalue weighted by Crippen LogP contribution is 2.36. The van der Waals surface area contributed by atoms with Gasteiger partial charge in [-0.2, -0.15) is 0 Å². The molecule has 2 nitrogen and oxygen atoms in total. The maximum atomic E-state index is 11.2. The first kappa shape index (κ1) is 11.3. The van der Waals surface area contributed by atoms with E-state index in [9.17, 15) is 9.90 Å². The average Bonchev–Trinajstić information content (AvgIpc) is 2.19. The Balaban J connectivity index is 2.57. The second-order valence-electron chi connectivity index (χ2n) is 4.21. The van der Waals surface area contributed by atoms with E-state index in [0.29, 0.717) is 0 Å². The van der Waals surface area contributed by atoms with E-state index in [1.807, 2.05) is 12.2 Å². The molecule has 0 radical (unpaired) electrons. The van der Waals surface area contributed by atoms with Crippen LogP contribution in [-0.2, 0) is 4.79 Å². The maximum absolute atomic E-state index is 11.2. The molecule has 1 rings (SSSR count). The summed E-state index contributed by atoms with van der Waals surface area (Å²) in [7, 11) is 0. The van der Waals surface area contributed by atoms with E-state index < -0.39 is 11.4 Å². The van der Waals surface area contributed by atoms with Gasteiger partial charge in [0.05, 0.1) is 5.41 Å². The van der Waals surface area contributed by atoms with Gasteiger partial charge in [-0.1, -0.05) is 38.3 Å². The van der Waals surface area contributed by atoms with E-state index in [-0.39, 0.29) is 0 Å². The molecule has 0 aromatic carbocycles. The Morgan fingerprint density at radius 2 is 2.29 bits per heavy atom. The highest BCUT2D eigenvalue weighted by molar-refractivity contribution is 5.77. The summed E-state index contributed by atoms with van der Waals surface area (Å²) in [5, 5.41) is 9.24. The molecule has 0 fully saturated rings. The zero-order valence-corrected chi connectivity index (χ0v) is 8.96. The molecule has 1 N–H and O–H groups in total. The van der Waals surface area contributed by atoms with Gasteiger partial charge in [0.15, 0.2) is 0 Å². The molecular weight excluding hydrogens is 176 g/mol. The summed E-state index contributed by atoms with van der Waals surface area (Å²) in [6.07, 6.45) is 11.0. The molecule has 1 aliphatic carbocycles. The third-order valence-corrected chi connectivity index (χ3v) is 3.08. The zero-order valence-electron chi connectivity index (χ0n) is 8.96. The number of hydrogen-bond donors (Lipinski definition) is 1. The van der Waals surface area contributed by atoms with Crippen LogP contribution < -0.4 is 0 Å². The first-order valence-corrected chi connectivity index (χ1v) is 5.62. The van der Waals surface area contributed by atoms with Crippen molar-refractivity contribution in [2.75, 3.05) is 0 Å². The molecule has 1 aliphatic rings. The predicted molar refractivity (Wildman–Crippen MR) is 57.2 cm³/mol. The summed E-state index contributed by atoms with van der Waals surface area (Å²) in [6.45, 7) is 2.14. The van der Waals surface area contributed by atoms with Gasteiger partial charge in [0.2, 0.25) is 0 Å². The molecule has 1 atom stereocenters. The van der Waals surface area contributed by atoms with Crippen LogP contribution in [-0.4, -0.2) is 11.1 Å². The van der Waals surface area contributed by atoms with Gasteiger partial charge in [-0.25, -0.2) is 0 Å². The molecule has 0 bridgehead atoms. The van der Waals surface area contributed by atoms with Crippen molar-refractivity contribution in [2.24, 2.45) is 5.41 Å². The third-order valence-electron chi connectivity index (χ3n) is 3.08. The Labute approximate surface area is 86.0 Å². The summed E-state index contributed by atoms with van der Waals surface area (Å²) in [6, 6.07) is 0. The fourth-order valence-electron chi connectivity index (χ4n) is 2.11. The Morgan fingerprint density at radius 1 is 1.50 bits per heavy atom. The standard InChI is InChI=1S/C12H20O2/c1-2-3-5-8-12(11(13)14)9-6-4-7-10-12/h6,9H,2-5,7-8,10H2,1H3,(H,13,14). The summed E-state index contributed by atoms with van der Waals surface area (Å²) in [5.74, 6) is -0.635. The number of carboxylic acid groups (broad SMARTS) is 1. The lowest BCUT2D eigenvalue weighted by atomic mass is 9.75. The predicted octanol–water partition coefficient (Wildman–Crippen LogP) is 3.38. The van der Waals surface area contributed by atoms with E-state index in [1.54, 1.807) is 0 Å². The molecule has 14 heavy (non-hydrogen) atoms. The molecule has 2 heteroatoms. The monoisotopic (exact) mass is 196 g/mol. The van der Waals surface area contributed by atoms with Crippen molar-refractivity contribution in [1.29, 1.82) is 0 Å². The molecule has 0 aromatic rings. The number of unbranched alkanes of at least 4 members (excludes halogenated alkanes) is 2. The summed E-state index contributed by atoms with van der Waals surface area (Å²) in [4.78, 5) is 11.2. The van der Waals surface area contributed by atoms with Crippen LogP contribution in [0, 0.1) is 5.41 Å². The van der Waals surface area contributed by atoms with Crippen LogP contribution in [0.4, 0.5) is 0 Å². The van der Waals surface area contributed by atoms with Crippen molar-refractivity contribution < 1.29 is 9.90 Å². The summed E-state index contributed by atoms with van der Waals surface area (Å²) >= 11 is 0. The van der Waals surface area contributed by atoms with Gasteiger partial charge in [-0.05, 0) is 25.7 Å². The van der Waals surface area contributed by atoms with Crippen molar-refractivity contribution in [3.05, 3.63) is 12.2 Å². The van der Waals surface area contributed by atoms with Gasteiger partial charge in [0.1, 0.15) is 0 Å². The molecule has 0 saturated carbocycles. The SMILES string of the molecule is CCCCCC1(C(=O)O)C=CCCC1. The minimum absolute atomic E-state index is 0.534. The zero-order chi connectivity index (χ0) is 10.4. The summed E-state index contributed by atoms with van der Waals surface area (Å²) < 4.78 is 0. The highest BCUT2D eigenvalue weighted by atomic mass is 16.4. The van der Waals surface area contributed by atoms with E-state index in [4.69, 9.17) is 0 Å². The van der Waals surface area contributed by atoms with Crippen molar-refractivity contribution in [3.63, 3.8) is 0 Å². The Hall–Kier alpha value is -0.790. The Morgan fingerprint density at radius 3 is 2.79 bits per heavy atom. The summed E-state index contributed by atoms with van der Waals surface area (Å²) in [5.41, 5.74) is -0.534. The van der Waals surface area contributed by atoms with E-state index in [2.05, 4.69) is 6.92 Å². The van der Waals surface area contributed by atoms with Gasteiger partial charge in [-0.3, -0.25) is 4.79 Å². The number of hydrogen-bond acceptors (Lipinski definition) is 1. The van der Waals surface area contributed by atoms with Gasteiger partial charge >= 0.3 is 5.97 Å². The first-order chi connectivity index (χ1) is 6.71. The number of rotatable bonds is 5. The lowest BCUT2D eigenvalue weighted by Gasteiger charge is -2.28. The molecule has 0 spiro atoms. The molecule has 0 saturated heterocycles. The average molecular weight is 196 g/mol. The molecule has 0 amide bonds. The molecule has 0 heterocycles. The molecule has 0 aliphatic heterocycles. The highest BCUT2D eigenvalue weighted by Gasteiger charge is 2.35. The molecule has 1 unspecified atom stereocenters. The van der Waals surface area contributed by atoms with Crippen molar-refractivity contribution in [1.82, 2.24) is 0 Å². The Bertz CT molecular complexity index is 220. The number of aliphatic carboxylic acids is 1. The van der Waals surface area contributed by atoms with Gasteiger partial charge in [-0.15, -0.1) is 0 Å². The normalized spacial score (nSPS) is 26.4. The molecule has 0 aromatic heterocycles. The van der Waals surface area contributed by atoms with Crippen LogP contribution in [0.15, 0.2) is 12.2 Å². The van der Waals surface area contributed by atoms with E-state index in [1.165, 1.54) is 0 Å². The lowest BCUT2D eigenvalue weighted by Crippen LogP contribution is -2.30. The Kier molecular flexibility index (Phi) is 4.18. The quantitative estimate of drug-likeness (QED) is 0.540. The molecule has 80 valence electrons. The van der Waals surface area contributed by atoms with Crippen LogP contribution in [0.2, 0.25) is 0 Å².